The first kappa shape index (κ1) is 18.8. The first-order chi connectivity index (χ1) is 13.8. The van der Waals surface area contributed by atoms with E-state index in [1.54, 1.807) is 24.3 Å². The predicted octanol–water partition coefficient (Wildman–Crippen LogP) is 5.79. The Kier molecular flexibility index (Phi) is 5.77. The Hall–Kier alpha value is -2.59. The maximum atomic E-state index is 12.3. The molecule has 4 rings (SSSR count). The number of thioether (sulfide) groups is 1. The van der Waals surface area contributed by atoms with Crippen LogP contribution in [0.15, 0.2) is 71.6 Å². The zero-order valence-corrected chi connectivity index (χ0v) is 16.6. The quantitative estimate of drug-likeness (QED) is 0.278. The van der Waals surface area contributed by atoms with Crippen LogP contribution in [0.4, 0.5) is 0 Å². The molecule has 3 aromatic rings. The van der Waals surface area contributed by atoms with Crippen LogP contribution in [0.3, 0.4) is 0 Å². The van der Waals surface area contributed by atoms with Crippen molar-refractivity contribution >= 4 is 34.3 Å². The van der Waals surface area contributed by atoms with Crippen LogP contribution in [-0.4, -0.2) is 29.0 Å². The normalized spacial score (nSPS) is 13.4. The van der Waals surface area contributed by atoms with E-state index in [9.17, 15) is 9.59 Å². The second-order valence-corrected chi connectivity index (χ2v) is 8.18. The van der Waals surface area contributed by atoms with Crippen molar-refractivity contribution in [3.8, 4) is 0 Å². The number of unbranched alkanes of at least 4 members (excludes halogenated alkanes) is 3. The Bertz CT molecular complexity index is 974. The van der Waals surface area contributed by atoms with Crippen LogP contribution in [0, 0.1) is 0 Å². The van der Waals surface area contributed by atoms with Gasteiger partial charge in [-0.2, -0.15) is 0 Å². The van der Waals surface area contributed by atoms with Crippen molar-refractivity contribution in [3.05, 3.63) is 77.9 Å². The van der Waals surface area contributed by atoms with Crippen molar-refractivity contribution in [2.24, 2.45) is 0 Å². The minimum atomic E-state index is -0.146. The Morgan fingerprint density at radius 2 is 1.32 bits per heavy atom. The molecule has 3 nitrogen and oxygen atoms in total. The molecular formula is C24H23NO2S. The van der Waals surface area contributed by atoms with Crippen molar-refractivity contribution in [1.29, 1.82) is 0 Å². The monoisotopic (exact) mass is 389 g/mol. The van der Waals surface area contributed by atoms with E-state index >= 15 is 0 Å². The lowest BCUT2D eigenvalue weighted by Crippen LogP contribution is -2.30. The number of benzene rings is 3. The molecule has 0 spiro atoms. The number of nitrogens with zero attached hydrogens (tertiary/aromatic N) is 1. The van der Waals surface area contributed by atoms with Crippen molar-refractivity contribution in [3.63, 3.8) is 0 Å². The molecule has 1 aliphatic heterocycles. The summed E-state index contributed by atoms with van der Waals surface area (Å²) in [6.45, 7) is 0.517. The number of rotatable bonds is 8. The summed E-state index contributed by atoms with van der Waals surface area (Å²) in [4.78, 5) is 27.4. The summed E-state index contributed by atoms with van der Waals surface area (Å²) in [5.41, 5.74) is 1.08. The molecule has 3 aromatic carbocycles. The van der Waals surface area contributed by atoms with Crippen molar-refractivity contribution < 1.29 is 9.59 Å². The Morgan fingerprint density at radius 3 is 2.11 bits per heavy atom. The van der Waals surface area contributed by atoms with Gasteiger partial charge in [0.1, 0.15) is 0 Å². The molecule has 4 heteroatoms. The number of amides is 2. The third-order valence-electron chi connectivity index (χ3n) is 5.16. The molecule has 0 saturated carbocycles. The van der Waals surface area contributed by atoms with Gasteiger partial charge in [-0.3, -0.25) is 14.5 Å². The van der Waals surface area contributed by atoms with Gasteiger partial charge in [0.05, 0.1) is 11.1 Å². The first-order valence-corrected chi connectivity index (χ1v) is 10.8. The summed E-state index contributed by atoms with van der Waals surface area (Å²) in [7, 11) is 0. The SMILES string of the molecule is O=C1c2ccccc2C(=O)N1CCCCCCSc1cccc2ccccc12. The van der Waals surface area contributed by atoms with Crippen LogP contribution in [0.5, 0.6) is 0 Å². The Morgan fingerprint density at radius 1 is 0.679 bits per heavy atom. The third-order valence-corrected chi connectivity index (χ3v) is 6.32. The fourth-order valence-electron chi connectivity index (χ4n) is 3.67. The van der Waals surface area contributed by atoms with Gasteiger partial charge in [-0.25, -0.2) is 0 Å². The zero-order chi connectivity index (χ0) is 19.3. The van der Waals surface area contributed by atoms with Crippen LogP contribution in [-0.2, 0) is 0 Å². The summed E-state index contributed by atoms with van der Waals surface area (Å²) in [6, 6.07) is 22.0. The third kappa shape index (κ3) is 3.83. The molecule has 0 unspecified atom stereocenters. The van der Waals surface area contributed by atoms with E-state index in [0.29, 0.717) is 17.7 Å². The summed E-state index contributed by atoms with van der Waals surface area (Å²) in [5, 5.41) is 2.61. The minimum Gasteiger partial charge on any atom is -0.274 e. The number of carbonyl (C=O) groups is 2. The number of imide groups is 1. The van der Waals surface area contributed by atoms with Gasteiger partial charge < -0.3 is 0 Å². The van der Waals surface area contributed by atoms with Gasteiger partial charge >= 0.3 is 0 Å². The molecule has 0 atom stereocenters. The van der Waals surface area contributed by atoms with Crippen LogP contribution in [0.1, 0.15) is 46.4 Å². The molecule has 0 N–H and O–H groups in total. The van der Waals surface area contributed by atoms with Gasteiger partial charge in [-0.1, -0.05) is 61.4 Å². The van der Waals surface area contributed by atoms with Gasteiger partial charge in [-0.05, 0) is 47.6 Å². The second-order valence-electron chi connectivity index (χ2n) is 7.05. The van der Waals surface area contributed by atoms with Gasteiger partial charge in [0.25, 0.3) is 11.8 Å². The highest BCUT2D eigenvalue weighted by Crippen LogP contribution is 2.28. The molecule has 2 amide bonds. The van der Waals surface area contributed by atoms with E-state index < -0.39 is 0 Å². The number of carbonyl (C=O) groups excluding carboxylic acids is 2. The van der Waals surface area contributed by atoms with E-state index in [-0.39, 0.29) is 11.8 Å². The first-order valence-electron chi connectivity index (χ1n) is 9.81. The van der Waals surface area contributed by atoms with Crippen LogP contribution in [0.25, 0.3) is 10.8 Å². The standard InChI is InChI=1S/C24H23NO2S/c26-23-20-13-5-6-14-21(20)24(27)25(23)16-7-1-2-8-17-28-22-15-9-11-18-10-3-4-12-19(18)22/h3-6,9-15H,1-2,7-8,16-17H2. The summed E-state index contributed by atoms with van der Waals surface area (Å²) in [5.74, 6) is 0.792. The molecule has 0 aliphatic carbocycles. The average molecular weight is 390 g/mol. The van der Waals surface area contributed by atoms with Gasteiger partial charge in [0, 0.05) is 11.4 Å². The largest absolute Gasteiger partial charge is 0.274 e. The summed E-state index contributed by atoms with van der Waals surface area (Å²) in [6.07, 6.45) is 4.14. The average Bonchev–Trinajstić information content (AvgIpc) is 2.98. The molecule has 1 heterocycles. The highest BCUT2D eigenvalue weighted by atomic mass is 32.2. The Balaban J connectivity index is 1.19. The lowest BCUT2D eigenvalue weighted by molar-refractivity contribution is 0.0651. The van der Waals surface area contributed by atoms with Crippen LogP contribution >= 0.6 is 11.8 Å². The summed E-state index contributed by atoms with van der Waals surface area (Å²) < 4.78 is 0. The highest BCUT2D eigenvalue weighted by Gasteiger charge is 2.34. The Labute approximate surface area is 169 Å². The van der Waals surface area contributed by atoms with E-state index in [0.717, 1.165) is 31.4 Å². The number of fused-ring (bicyclic) bond motifs is 2. The number of hydrogen-bond acceptors (Lipinski definition) is 3. The highest BCUT2D eigenvalue weighted by molar-refractivity contribution is 7.99. The van der Waals surface area contributed by atoms with Gasteiger partial charge in [0.2, 0.25) is 0 Å². The van der Waals surface area contributed by atoms with Crippen LogP contribution in [0.2, 0.25) is 0 Å². The van der Waals surface area contributed by atoms with Gasteiger partial charge in [0.15, 0.2) is 0 Å². The van der Waals surface area contributed by atoms with E-state index in [1.807, 2.05) is 11.8 Å². The molecular weight excluding hydrogens is 366 g/mol. The zero-order valence-electron chi connectivity index (χ0n) is 15.8. The molecule has 0 fully saturated rings. The molecule has 0 bridgehead atoms. The van der Waals surface area contributed by atoms with Crippen molar-refractivity contribution in [1.82, 2.24) is 4.90 Å². The molecule has 28 heavy (non-hydrogen) atoms. The maximum absolute atomic E-state index is 12.3. The van der Waals surface area contributed by atoms with E-state index in [2.05, 4.69) is 42.5 Å². The summed E-state index contributed by atoms with van der Waals surface area (Å²) >= 11 is 1.91. The lowest BCUT2D eigenvalue weighted by Gasteiger charge is -2.13. The molecule has 0 radical (unpaired) electrons. The lowest BCUT2D eigenvalue weighted by atomic mass is 10.1. The minimum absolute atomic E-state index is 0.146. The van der Waals surface area contributed by atoms with Gasteiger partial charge in [-0.15, -0.1) is 11.8 Å². The second kappa shape index (κ2) is 8.61. The molecule has 1 aliphatic rings. The molecule has 142 valence electrons. The van der Waals surface area contributed by atoms with E-state index in [1.165, 1.54) is 20.6 Å². The smallest absolute Gasteiger partial charge is 0.261 e. The molecule has 0 aromatic heterocycles. The fraction of sp³-hybridized carbons (Fsp3) is 0.250. The molecule has 0 saturated heterocycles. The number of hydrogen-bond donors (Lipinski definition) is 0. The predicted molar refractivity (Wildman–Crippen MR) is 115 cm³/mol. The maximum Gasteiger partial charge on any atom is 0.261 e. The van der Waals surface area contributed by atoms with Crippen molar-refractivity contribution in [2.75, 3.05) is 12.3 Å². The van der Waals surface area contributed by atoms with E-state index in [4.69, 9.17) is 0 Å². The van der Waals surface area contributed by atoms with Crippen LogP contribution < -0.4 is 0 Å². The fourth-order valence-corrected chi connectivity index (χ4v) is 4.76. The van der Waals surface area contributed by atoms with Crippen molar-refractivity contribution in [2.45, 2.75) is 30.6 Å². The topological polar surface area (TPSA) is 37.4 Å².